The molecule has 0 amide bonds. The standard InChI is InChI=1S/C10H12ClN3O3/c1-14(6-2-3-17-5-6)9-7(10(15)16)4-8(11)12-13-9/h4,6H,2-3,5H2,1H3,(H,15,16). The van der Waals surface area contributed by atoms with Gasteiger partial charge >= 0.3 is 5.97 Å². The Bertz CT molecular complexity index is 435. The SMILES string of the molecule is CN(c1nnc(Cl)cc1C(=O)O)C1CCOC1. The lowest BCUT2D eigenvalue weighted by Crippen LogP contribution is -2.34. The van der Waals surface area contributed by atoms with E-state index in [0.29, 0.717) is 19.0 Å². The highest BCUT2D eigenvalue weighted by atomic mass is 35.5. The van der Waals surface area contributed by atoms with Crippen LogP contribution < -0.4 is 4.90 Å². The van der Waals surface area contributed by atoms with Gasteiger partial charge in [-0.1, -0.05) is 11.6 Å². The number of carboxylic acids is 1. The summed E-state index contributed by atoms with van der Waals surface area (Å²) in [6.45, 7) is 1.25. The van der Waals surface area contributed by atoms with Crippen LogP contribution in [0.5, 0.6) is 0 Å². The van der Waals surface area contributed by atoms with Crippen LogP contribution in [-0.2, 0) is 4.74 Å². The van der Waals surface area contributed by atoms with Gasteiger partial charge in [-0.25, -0.2) is 4.79 Å². The molecule has 1 N–H and O–H groups in total. The summed E-state index contributed by atoms with van der Waals surface area (Å²) < 4.78 is 5.26. The van der Waals surface area contributed by atoms with Crippen LogP contribution in [0.25, 0.3) is 0 Å². The Morgan fingerprint density at radius 1 is 1.65 bits per heavy atom. The van der Waals surface area contributed by atoms with Crippen molar-refractivity contribution in [2.45, 2.75) is 12.5 Å². The van der Waals surface area contributed by atoms with E-state index >= 15 is 0 Å². The second-order valence-electron chi connectivity index (χ2n) is 3.84. The monoisotopic (exact) mass is 257 g/mol. The first-order valence-corrected chi connectivity index (χ1v) is 5.54. The van der Waals surface area contributed by atoms with Gasteiger partial charge in [0.05, 0.1) is 12.6 Å². The Hall–Kier alpha value is -1.40. The van der Waals surface area contributed by atoms with Gasteiger partial charge in [0.25, 0.3) is 0 Å². The van der Waals surface area contributed by atoms with Gasteiger partial charge in [0, 0.05) is 13.7 Å². The number of carbonyl (C=O) groups is 1. The Balaban J connectivity index is 2.33. The summed E-state index contributed by atoms with van der Waals surface area (Å²) in [4.78, 5) is 12.9. The Labute approximate surface area is 103 Å². The molecule has 1 aliphatic heterocycles. The Morgan fingerprint density at radius 3 is 3.00 bits per heavy atom. The number of aromatic carboxylic acids is 1. The normalized spacial score (nSPS) is 19.3. The number of ether oxygens (including phenoxy) is 1. The molecule has 1 saturated heterocycles. The zero-order valence-corrected chi connectivity index (χ0v) is 10.0. The van der Waals surface area contributed by atoms with Crippen molar-refractivity contribution in [1.82, 2.24) is 10.2 Å². The van der Waals surface area contributed by atoms with Crippen LogP contribution in [0.4, 0.5) is 5.82 Å². The first-order chi connectivity index (χ1) is 8.09. The zero-order chi connectivity index (χ0) is 12.4. The van der Waals surface area contributed by atoms with E-state index in [1.807, 2.05) is 0 Å². The quantitative estimate of drug-likeness (QED) is 0.872. The number of rotatable bonds is 3. The van der Waals surface area contributed by atoms with E-state index in [0.717, 1.165) is 6.42 Å². The highest BCUT2D eigenvalue weighted by Crippen LogP contribution is 2.23. The van der Waals surface area contributed by atoms with Crippen LogP contribution >= 0.6 is 11.6 Å². The average molecular weight is 258 g/mol. The van der Waals surface area contributed by atoms with Crippen molar-refractivity contribution in [2.75, 3.05) is 25.2 Å². The van der Waals surface area contributed by atoms with Crippen LogP contribution in [0.1, 0.15) is 16.8 Å². The minimum atomic E-state index is -1.07. The van der Waals surface area contributed by atoms with Crippen LogP contribution in [0.3, 0.4) is 0 Å². The van der Waals surface area contributed by atoms with E-state index < -0.39 is 5.97 Å². The van der Waals surface area contributed by atoms with Gasteiger partial charge in [0.15, 0.2) is 11.0 Å². The zero-order valence-electron chi connectivity index (χ0n) is 9.26. The molecule has 0 spiro atoms. The van der Waals surface area contributed by atoms with Gasteiger partial charge in [0.2, 0.25) is 0 Å². The Morgan fingerprint density at radius 2 is 2.41 bits per heavy atom. The number of likely N-dealkylation sites (N-methyl/N-ethyl adjacent to an activating group) is 1. The van der Waals surface area contributed by atoms with Gasteiger partial charge in [-0.05, 0) is 12.5 Å². The molecule has 0 radical (unpaired) electrons. The lowest BCUT2D eigenvalue weighted by molar-refractivity contribution is 0.0696. The lowest BCUT2D eigenvalue weighted by atomic mass is 10.2. The van der Waals surface area contributed by atoms with Crippen molar-refractivity contribution in [3.63, 3.8) is 0 Å². The molecule has 17 heavy (non-hydrogen) atoms. The fourth-order valence-corrected chi connectivity index (χ4v) is 1.93. The average Bonchev–Trinajstić information content (AvgIpc) is 2.81. The molecule has 1 aliphatic rings. The molecule has 1 atom stereocenters. The van der Waals surface area contributed by atoms with Gasteiger partial charge < -0.3 is 14.7 Å². The molecule has 1 fully saturated rings. The highest BCUT2D eigenvalue weighted by molar-refractivity contribution is 6.29. The van der Waals surface area contributed by atoms with Gasteiger partial charge in [-0.2, -0.15) is 0 Å². The molecule has 2 heterocycles. The molecule has 1 aromatic rings. The second-order valence-corrected chi connectivity index (χ2v) is 4.23. The van der Waals surface area contributed by atoms with Crippen LogP contribution in [0.15, 0.2) is 6.07 Å². The highest BCUT2D eigenvalue weighted by Gasteiger charge is 2.25. The maximum Gasteiger partial charge on any atom is 0.339 e. The van der Waals surface area contributed by atoms with Crippen molar-refractivity contribution in [3.05, 3.63) is 16.8 Å². The first kappa shape index (κ1) is 12.1. The predicted octanol–water partition coefficient (Wildman–Crippen LogP) is 1.05. The molecule has 7 heteroatoms. The summed E-state index contributed by atoms with van der Waals surface area (Å²) in [5, 5.41) is 16.7. The predicted molar refractivity (Wildman–Crippen MR) is 61.6 cm³/mol. The topological polar surface area (TPSA) is 75.6 Å². The van der Waals surface area contributed by atoms with E-state index in [9.17, 15) is 4.79 Å². The van der Waals surface area contributed by atoms with Crippen LogP contribution in [0.2, 0.25) is 5.15 Å². The third-order valence-corrected chi connectivity index (χ3v) is 2.95. The van der Waals surface area contributed by atoms with Crippen LogP contribution in [-0.4, -0.2) is 47.6 Å². The van der Waals surface area contributed by atoms with Gasteiger partial charge in [0.1, 0.15) is 5.56 Å². The third-order valence-electron chi connectivity index (χ3n) is 2.76. The van der Waals surface area contributed by atoms with Crippen LogP contribution in [0, 0.1) is 0 Å². The van der Waals surface area contributed by atoms with E-state index in [-0.39, 0.29) is 16.8 Å². The maximum atomic E-state index is 11.1. The van der Waals surface area contributed by atoms with Crippen molar-refractivity contribution < 1.29 is 14.6 Å². The van der Waals surface area contributed by atoms with E-state index in [4.69, 9.17) is 21.4 Å². The van der Waals surface area contributed by atoms with Gasteiger partial charge in [-0.3, -0.25) is 0 Å². The minimum Gasteiger partial charge on any atom is -0.478 e. The molecule has 1 aromatic heterocycles. The molecule has 0 aromatic carbocycles. The summed E-state index contributed by atoms with van der Waals surface area (Å²) >= 11 is 5.65. The molecule has 0 saturated carbocycles. The largest absolute Gasteiger partial charge is 0.478 e. The fourth-order valence-electron chi connectivity index (χ4n) is 1.78. The van der Waals surface area contributed by atoms with Gasteiger partial charge in [-0.15, -0.1) is 10.2 Å². The molecule has 6 nitrogen and oxygen atoms in total. The number of anilines is 1. The number of halogens is 1. The van der Waals surface area contributed by atoms with Crippen molar-refractivity contribution in [3.8, 4) is 0 Å². The number of aromatic nitrogens is 2. The smallest absolute Gasteiger partial charge is 0.339 e. The molecule has 0 bridgehead atoms. The summed E-state index contributed by atoms with van der Waals surface area (Å²) in [7, 11) is 1.78. The molecule has 2 rings (SSSR count). The number of hydrogen-bond donors (Lipinski definition) is 1. The molecular weight excluding hydrogens is 246 g/mol. The van der Waals surface area contributed by atoms with Crippen molar-refractivity contribution in [2.24, 2.45) is 0 Å². The summed E-state index contributed by atoms with van der Waals surface area (Å²) in [5.41, 5.74) is 0.0550. The number of nitrogens with zero attached hydrogens (tertiary/aromatic N) is 3. The lowest BCUT2D eigenvalue weighted by Gasteiger charge is -2.24. The molecule has 92 valence electrons. The molecule has 1 unspecified atom stereocenters. The first-order valence-electron chi connectivity index (χ1n) is 5.16. The summed E-state index contributed by atoms with van der Waals surface area (Å²) in [6.07, 6.45) is 0.847. The molecule has 0 aliphatic carbocycles. The number of carboxylic acid groups (broad SMARTS) is 1. The second kappa shape index (κ2) is 4.85. The third kappa shape index (κ3) is 2.48. The van der Waals surface area contributed by atoms with Crippen molar-refractivity contribution in [1.29, 1.82) is 0 Å². The molecular formula is C10H12ClN3O3. The van der Waals surface area contributed by atoms with E-state index in [1.54, 1.807) is 11.9 Å². The van der Waals surface area contributed by atoms with E-state index in [1.165, 1.54) is 6.07 Å². The minimum absolute atomic E-state index is 0.0550. The van der Waals surface area contributed by atoms with Crippen molar-refractivity contribution >= 4 is 23.4 Å². The summed E-state index contributed by atoms with van der Waals surface area (Å²) in [6, 6.07) is 1.43. The fraction of sp³-hybridized carbons (Fsp3) is 0.500. The summed E-state index contributed by atoms with van der Waals surface area (Å²) in [5.74, 6) is -0.750. The Kier molecular flexibility index (Phi) is 3.44. The number of hydrogen-bond acceptors (Lipinski definition) is 5. The maximum absolute atomic E-state index is 11.1. The van der Waals surface area contributed by atoms with E-state index in [2.05, 4.69) is 10.2 Å².